The minimum atomic E-state index is 0.533. The van der Waals surface area contributed by atoms with Crippen LogP contribution in [0.15, 0.2) is 0 Å². The van der Waals surface area contributed by atoms with E-state index in [2.05, 4.69) is 12.2 Å². The molecule has 2 aliphatic carbocycles. The molecule has 0 aromatic rings. The second-order valence-corrected chi connectivity index (χ2v) is 4.74. The lowest BCUT2D eigenvalue weighted by Crippen LogP contribution is -2.27. The van der Waals surface area contributed by atoms with Crippen molar-refractivity contribution in [1.29, 1.82) is 0 Å². The first-order valence-electron chi connectivity index (χ1n) is 5.63. The maximum atomic E-state index is 5.74. The summed E-state index contributed by atoms with van der Waals surface area (Å²) in [5.41, 5.74) is 0.533. The lowest BCUT2D eigenvalue weighted by Gasteiger charge is -2.15. The molecule has 2 rings (SSSR count). The van der Waals surface area contributed by atoms with Gasteiger partial charge in [-0.2, -0.15) is 0 Å². The Labute approximate surface area is 81.0 Å². The standard InChI is InChI=1S/C11H21NO/c1-2-12-8-11(5-6-11)9-13-7-10-3-4-10/h10,12H,2-9H2,1H3. The van der Waals surface area contributed by atoms with E-state index in [9.17, 15) is 0 Å². The third kappa shape index (κ3) is 2.96. The quantitative estimate of drug-likeness (QED) is 0.650. The molecule has 2 fully saturated rings. The van der Waals surface area contributed by atoms with Crippen LogP contribution in [-0.2, 0) is 4.74 Å². The highest BCUT2D eigenvalue weighted by Gasteiger charge is 2.42. The molecule has 0 spiro atoms. The molecular weight excluding hydrogens is 162 g/mol. The van der Waals surface area contributed by atoms with Gasteiger partial charge in [0.25, 0.3) is 0 Å². The van der Waals surface area contributed by atoms with E-state index in [1.807, 2.05) is 0 Å². The average molecular weight is 183 g/mol. The van der Waals surface area contributed by atoms with Crippen LogP contribution < -0.4 is 5.32 Å². The van der Waals surface area contributed by atoms with Crippen LogP contribution in [0.2, 0.25) is 0 Å². The Balaban J connectivity index is 1.56. The van der Waals surface area contributed by atoms with Gasteiger partial charge in [0, 0.05) is 18.6 Å². The molecule has 0 heterocycles. The fourth-order valence-corrected chi connectivity index (χ4v) is 1.67. The Bertz CT molecular complexity index is 161. The summed E-state index contributed by atoms with van der Waals surface area (Å²) < 4.78 is 5.74. The van der Waals surface area contributed by atoms with Gasteiger partial charge in [0.05, 0.1) is 6.61 Å². The first kappa shape index (κ1) is 9.47. The molecule has 2 heteroatoms. The zero-order valence-electron chi connectivity index (χ0n) is 8.64. The third-order valence-corrected chi connectivity index (χ3v) is 3.17. The van der Waals surface area contributed by atoms with Gasteiger partial charge in [0.1, 0.15) is 0 Å². The highest BCUT2D eigenvalue weighted by Crippen LogP contribution is 2.45. The van der Waals surface area contributed by atoms with E-state index in [0.717, 1.165) is 32.2 Å². The Kier molecular flexibility index (Phi) is 2.89. The first-order chi connectivity index (χ1) is 6.35. The highest BCUT2D eigenvalue weighted by atomic mass is 16.5. The second-order valence-electron chi connectivity index (χ2n) is 4.74. The fraction of sp³-hybridized carbons (Fsp3) is 1.00. The third-order valence-electron chi connectivity index (χ3n) is 3.17. The first-order valence-corrected chi connectivity index (χ1v) is 5.63. The summed E-state index contributed by atoms with van der Waals surface area (Å²) >= 11 is 0. The Morgan fingerprint density at radius 2 is 2.15 bits per heavy atom. The zero-order valence-corrected chi connectivity index (χ0v) is 8.64. The number of rotatable bonds is 7. The Morgan fingerprint density at radius 3 is 2.69 bits per heavy atom. The van der Waals surface area contributed by atoms with Crippen molar-refractivity contribution in [2.24, 2.45) is 11.3 Å². The molecule has 0 radical (unpaired) electrons. The molecule has 0 aromatic carbocycles. The molecule has 76 valence electrons. The van der Waals surface area contributed by atoms with Gasteiger partial charge in [-0.1, -0.05) is 6.92 Å². The van der Waals surface area contributed by atoms with E-state index >= 15 is 0 Å². The fourth-order valence-electron chi connectivity index (χ4n) is 1.67. The smallest absolute Gasteiger partial charge is 0.0534 e. The van der Waals surface area contributed by atoms with Crippen LogP contribution >= 0.6 is 0 Å². The normalized spacial score (nSPS) is 24.7. The minimum Gasteiger partial charge on any atom is -0.381 e. The molecular formula is C11H21NO. The van der Waals surface area contributed by atoms with Crippen molar-refractivity contribution in [2.45, 2.75) is 32.6 Å². The second kappa shape index (κ2) is 3.97. The number of nitrogens with one attached hydrogen (secondary N) is 1. The van der Waals surface area contributed by atoms with Crippen LogP contribution in [0.3, 0.4) is 0 Å². The molecule has 13 heavy (non-hydrogen) atoms. The Morgan fingerprint density at radius 1 is 1.38 bits per heavy atom. The Hall–Kier alpha value is -0.0800. The van der Waals surface area contributed by atoms with Gasteiger partial charge < -0.3 is 10.1 Å². The largest absolute Gasteiger partial charge is 0.381 e. The monoisotopic (exact) mass is 183 g/mol. The van der Waals surface area contributed by atoms with Crippen LogP contribution in [-0.4, -0.2) is 26.3 Å². The highest BCUT2D eigenvalue weighted by molar-refractivity contribution is 4.94. The van der Waals surface area contributed by atoms with Crippen molar-refractivity contribution in [3.8, 4) is 0 Å². The predicted molar refractivity (Wildman–Crippen MR) is 53.8 cm³/mol. The molecule has 0 aliphatic heterocycles. The summed E-state index contributed by atoms with van der Waals surface area (Å²) in [4.78, 5) is 0. The maximum Gasteiger partial charge on any atom is 0.0534 e. The van der Waals surface area contributed by atoms with Crippen molar-refractivity contribution >= 4 is 0 Å². The molecule has 0 saturated heterocycles. The summed E-state index contributed by atoms with van der Waals surface area (Å²) in [6, 6.07) is 0. The summed E-state index contributed by atoms with van der Waals surface area (Å²) in [5.74, 6) is 0.912. The zero-order chi connectivity index (χ0) is 9.15. The van der Waals surface area contributed by atoms with Crippen LogP contribution in [0.1, 0.15) is 32.6 Å². The van der Waals surface area contributed by atoms with E-state index in [1.165, 1.54) is 25.7 Å². The van der Waals surface area contributed by atoms with Crippen LogP contribution in [0, 0.1) is 11.3 Å². The van der Waals surface area contributed by atoms with Crippen molar-refractivity contribution < 1.29 is 4.74 Å². The van der Waals surface area contributed by atoms with Gasteiger partial charge >= 0.3 is 0 Å². The van der Waals surface area contributed by atoms with Crippen LogP contribution in [0.4, 0.5) is 0 Å². The van der Waals surface area contributed by atoms with Crippen molar-refractivity contribution in [3.63, 3.8) is 0 Å². The van der Waals surface area contributed by atoms with E-state index in [1.54, 1.807) is 0 Å². The molecule has 2 nitrogen and oxygen atoms in total. The van der Waals surface area contributed by atoms with E-state index in [0.29, 0.717) is 5.41 Å². The van der Waals surface area contributed by atoms with Gasteiger partial charge in [0.15, 0.2) is 0 Å². The lowest BCUT2D eigenvalue weighted by molar-refractivity contribution is 0.0822. The minimum absolute atomic E-state index is 0.533. The summed E-state index contributed by atoms with van der Waals surface area (Å²) in [5, 5.41) is 3.42. The molecule has 0 bridgehead atoms. The van der Waals surface area contributed by atoms with Gasteiger partial charge in [-0.15, -0.1) is 0 Å². The van der Waals surface area contributed by atoms with Crippen LogP contribution in [0.5, 0.6) is 0 Å². The van der Waals surface area contributed by atoms with Gasteiger partial charge in [-0.05, 0) is 38.1 Å². The summed E-state index contributed by atoms with van der Waals surface area (Å²) in [6.07, 6.45) is 5.54. The van der Waals surface area contributed by atoms with Crippen LogP contribution in [0.25, 0.3) is 0 Å². The molecule has 0 amide bonds. The lowest BCUT2D eigenvalue weighted by atomic mass is 10.1. The SMILES string of the molecule is CCNCC1(COCC2CC2)CC1. The van der Waals surface area contributed by atoms with E-state index in [4.69, 9.17) is 4.74 Å². The van der Waals surface area contributed by atoms with Crippen molar-refractivity contribution in [2.75, 3.05) is 26.3 Å². The molecule has 2 saturated carbocycles. The molecule has 0 aromatic heterocycles. The average Bonchev–Trinajstić information content (AvgIpc) is 2.97. The van der Waals surface area contributed by atoms with Gasteiger partial charge in [-0.3, -0.25) is 0 Å². The number of hydrogen-bond donors (Lipinski definition) is 1. The molecule has 2 aliphatic rings. The summed E-state index contributed by atoms with van der Waals surface area (Å²) in [7, 11) is 0. The van der Waals surface area contributed by atoms with Gasteiger partial charge in [0.2, 0.25) is 0 Å². The molecule has 1 N–H and O–H groups in total. The molecule has 0 unspecified atom stereocenters. The van der Waals surface area contributed by atoms with Crippen molar-refractivity contribution in [1.82, 2.24) is 5.32 Å². The maximum absolute atomic E-state index is 5.74. The number of hydrogen-bond acceptors (Lipinski definition) is 2. The molecule has 0 atom stereocenters. The van der Waals surface area contributed by atoms with Crippen molar-refractivity contribution in [3.05, 3.63) is 0 Å². The number of ether oxygens (including phenoxy) is 1. The van der Waals surface area contributed by atoms with Gasteiger partial charge in [-0.25, -0.2) is 0 Å². The van der Waals surface area contributed by atoms with E-state index in [-0.39, 0.29) is 0 Å². The topological polar surface area (TPSA) is 21.3 Å². The van der Waals surface area contributed by atoms with E-state index < -0.39 is 0 Å². The summed E-state index contributed by atoms with van der Waals surface area (Å²) in [6.45, 7) is 6.43. The predicted octanol–water partition coefficient (Wildman–Crippen LogP) is 1.80.